The summed E-state index contributed by atoms with van der Waals surface area (Å²) in [5.41, 5.74) is 6.79. The Hall–Kier alpha value is -1.83. The van der Waals surface area contributed by atoms with Crippen molar-refractivity contribution >= 4 is 5.97 Å². The van der Waals surface area contributed by atoms with Gasteiger partial charge in [0.1, 0.15) is 0 Å². The molecule has 2 nitrogen and oxygen atoms in total. The number of carbonyl (C=O) groups is 1. The summed E-state index contributed by atoms with van der Waals surface area (Å²) in [5.74, 6) is -0.234. The maximum Gasteiger partial charge on any atom is 0.330 e. The van der Waals surface area contributed by atoms with Gasteiger partial charge in [0.15, 0.2) is 0 Å². The van der Waals surface area contributed by atoms with Gasteiger partial charge in [0.2, 0.25) is 0 Å². The van der Waals surface area contributed by atoms with Gasteiger partial charge < -0.3 is 4.74 Å². The Bertz CT molecular complexity index is 604. The van der Waals surface area contributed by atoms with E-state index in [1.54, 1.807) is 6.08 Å². The van der Waals surface area contributed by atoms with Crippen LogP contribution in [0.15, 0.2) is 58.2 Å². The molecule has 0 aromatic carbocycles. The molecule has 0 aliphatic carbocycles. The zero-order valence-corrected chi connectivity index (χ0v) is 19.4. The van der Waals surface area contributed by atoms with Crippen LogP contribution in [0.25, 0.3) is 0 Å². The first-order valence-corrected chi connectivity index (χ1v) is 10.7. The highest BCUT2D eigenvalue weighted by Crippen LogP contribution is 2.17. The van der Waals surface area contributed by atoms with Gasteiger partial charge in [0.25, 0.3) is 0 Å². The van der Waals surface area contributed by atoms with Crippen molar-refractivity contribution in [2.45, 2.75) is 93.4 Å². The maximum atomic E-state index is 11.5. The zero-order valence-electron chi connectivity index (χ0n) is 19.4. The quantitative estimate of drug-likeness (QED) is 0.182. The Morgan fingerprint density at radius 3 is 1.89 bits per heavy atom. The molecule has 0 rings (SSSR count). The lowest BCUT2D eigenvalue weighted by atomic mass is 10.0. The number of allylic oxidation sites excluding steroid dienone is 9. The van der Waals surface area contributed by atoms with E-state index in [1.165, 1.54) is 22.3 Å². The highest BCUT2D eigenvalue weighted by molar-refractivity contribution is 5.82. The molecule has 0 spiro atoms. The monoisotopic (exact) mass is 386 g/mol. The van der Waals surface area contributed by atoms with Gasteiger partial charge in [-0.25, -0.2) is 4.79 Å². The molecule has 158 valence electrons. The molecule has 2 heteroatoms. The Morgan fingerprint density at radius 1 is 0.714 bits per heavy atom. The van der Waals surface area contributed by atoms with Gasteiger partial charge in [-0.15, -0.1) is 0 Å². The summed E-state index contributed by atoms with van der Waals surface area (Å²) >= 11 is 0. The lowest BCUT2D eigenvalue weighted by Crippen LogP contribution is -2.00. The van der Waals surface area contributed by atoms with Gasteiger partial charge in [-0.05, 0) is 93.4 Å². The van der Waals surface area contributed by atoms with Crippen LogP contribution in [0.1, 0.15) is 93.4 Å². The van der Waals surface area contributed by atoms with E-state index in [2.05, 4.69) is 58.9 Å². The smallest absolute Gasteiger partial charge is 0.330 e. The fourth-order valence-electron chi connectivity index (χ4n) is 2.78. The van der Waals surface area contributed by atoms with Gasteiger partial charge in [-0.1, -0.05) is 52.2 Å². The minimum Gasteiger partial charge on any atom is -0.463 e. The largest absolute Gasteiger partial charge is 0.463 e. The molecule has 0 aromatic rings. The van der Waals surface area contributed by atoms with Crippen LogP contribution in [0.2, 0.25) is 0 Å². The van der Waals surface area contributed by atoms with Crippen molar-refractivity contribution in [2.75, 3.05) is 6.61 Å². The molecule has 0 saturated carbocycles. The summed E-state index contributed by atoms with van der Waals surface area (Å²) in [6, 6.07) is 0. The van der Waals surface area contributed by atoms with E-state index in [1.807, 2.05) is 13.8 Å². The van der Waals surface area contributed by atoms with E-state index in [-0.39, 0.29) is 5.97 Å². The first-order chi connectivity index (χ1) is 13.2. The standard InChI is InChI=1S/C26H42O2/c1-8-28-26(27)20-24(7)15-11-17-25(19-18-22(4)5)16-10-14-23(6)13-9-12-21(2)3/h12,14,17-18,20H,8-11,13,15-16,19H2,1-7H3/b23-14+,24-20+,25-17-. The molecular formula is C26H42O2. The van der Waals surface area contributed by atoms with Crippen molar-refractivity contribution in [2.24, 2.45) is 0 Å². The fourth-order valence-corrected chi connectivity index (χ4v) is 2.78. The Labute approximate surface area is 174 Å². The Balaban J connectivity index is 4.68. The van der Waals surface area contributed by atoms with E-state index in [9.17, 15) is 4.79 Å². The number of ether oxygens (including phenoxy) is 1. The summed E-state index contributed by atoms with van der Waals surface area (Å²) in [6.07, 6.45) is 18.3. The summed E-state index contributed by atoms with van der Waals surface area (Å²) in [7, 11) is 0. The van der Waals surface area contributed by atoms with Gasteiger partial charge in [-0.3, -0.25) is 0 Å². The lowest BCUT2D eigenvalue weighted by Gasteiger charge is -2.06. The molecule has 0 N–H and O–H groups in total. The number of rotatable bonds is 13. The normalized spacial score (nSPS) is 12.6. The molecule has 0 unspecified atom stereocenters. The Morgan fingerprint density at radius 2 is 1.29 bits per heavy atom. The van der Waals surface area contributed by atoms with Crippen LogP contribution >= 0.6 is 0 Å². The van der Waals surface area contributed by atoms with Gasteiger partial charge >= 0.3 is 5.97 Å². The third-order valence-corrected chi connectivity index (χ3v) is 4.44. The second kappa shape index (κ2) is 16.2. The average Bonchev–Trinajstić information content (AvgIpc) is 2.58. The molecular weight excluding hydrogens is 344 g/mol. The molecule has 0 atom stereocenters. The van der Waals surface area contributed by atoms with Gasteiger partial charge in [0.05, 0.1) is 6.61 Å². The predicted octanol–water partition coefficient (Wildman–Crippen LogP) is 8.03. The average molecular weight is 387 g/mol. The third-order valence-electron chi connectivity index (χ3n) is 4.44. The van der Waals surface area contributed by atoms with Crippen LogP contribution in [0.4, 0.5) is 0 Å². The number of hydrogen-bond donors (Lipinski definition) is 0. The molecule has 0 bridgehead atoms. The van der Waals surface area contributed by atoms with E-state index in [0.29, 0.717) is 6.61 Å². The van der Waals surface area contributed by atoms with Crippen molar-refractivity contribution in [3.05, 3.63) is 58.2 Å². The molecule has 0 aliphatic heterocycles. The highest BCUT2D eigenvalue weighted by Gasteiger charge is 2.00. The molecule has 0 aromatic heterocycles. The van der Waals surface area contributed by atoms with Crippen molar-refractivity contribution in [3.8, 4) is 0 Å². The second-order valence-corrected chi connectivity index (χ2v) is 8.04. The fraction of sp³-hybridized carbons (Fsp3) is 0.577. The third kappa shape index (κ3) is 16.4. The van der Waals surface area contributed by atoms with Gasteiger partial charge in [-0.2, -0.15) is 0 Å². The molecule has 28 heavy (non-hydrogen) atoms. The maximum absolute atomic E-state index is 11.5. The van der Waals surface area contributed by atoms with Crippen molar-refractivity contribution in [1.82, 2.24) is 0 Å². The SMILES string of the molecule is CCOC(=O)/C=C(\C)CC/C=C(\CC=C(C)C)CC/C=C(\C)CCC=C(C)C. The van der Waals surface area contributed by atoms with Crippen LogP contribution < -0.4 is 0 Å². The van der Waals surface area contributed by atoms with Crippen molar-refractivity contribution in [1.29, 1.82) is 0 Å². The molecule has 0 radical (unpaired) electrons. The molecule has 0 fully saturated rings. The van der Waals surface area contributed by atoms with E-state index >= 15 is 0 Å². The summed E-state index contributed by atoms with van der Waals surface area (Å²) in [5, 5.41) is 0. The van der Waals surface area contributed by atoms with E-state index in [4.69, 9.17) is 4.74 Å². The number of carbonyl (C=O) groups excluding carboxylic acids is 1. The topological polar surface area (TPSA) is 26.3 Å². The van der Waals surface area contributed by atoms with Crippen LogP contribution in [0, 0.1) is 0 Å². The van der Waals surface area contributed by atoms with Crippen molar-refractivity contribution in [3.63, 3.8) is 0 Å². The van der Waals surface area contributed by atoms with E-state index in [0.717, 1.165) is 50.5 Å². The first-order valence-electron chi connectivity index (χ1n) is 10.7. The minimum absolute atomic E-state index is 0.234. The number of hydrogen-bond acceptors (Lipinski definition) is 2. The lowest BCUT2D eigenvalue weighted by molar-refractivity contribution is -0.137. The highest BCUT2D eigenvalue weighted by atomic mass is 16.5. The summed E-state index contributed by atoms with van der Waals surface area (Å²) in [6.45, 7) is 15.1. The molecule has 0 saturated heterocycles. The molecule has 0 amide bonds. The van der Waals surface area contributed by atoms with Crippen LogP contribution in [-0.4, -0.2) is 12.6 Å². The summed E-state index contributed by atoms with van der Waals surface area (Å²) in [4.78, 5) is 11.5. The van der Waals surface area contributed by atoms with Gasteiger partial charge in [0, 0.05) is 6.08 Å². The Kier molecular flexibility index (Phi) is 15.1. The second-order valence-electron chi connectivity index (χ2n) is 8.04. The molecule has 0 heterocycles. The molecule has 0 aliphatic rings. The number of esters is 1. The van der Waals surface area contributed by atoms with Crippen molar-refractivity contribution < 1.29 is 9.53 Å². The minimum atomic E-state index is -0.234. The summed E-state index contributed by atoms with van der Waals surface area (Å²) < 4.78 is 4.97. The van der Waals surface area contributed by atoms with Crippen LogP contribution in [0.5, 0.6) is 0 Å². The zero-order chi connectivity index (χ0) is 21.4. The van der Waals surface area contributed by atoms with Crippen LogP contribution in [-0.2, 0) is 9.53 Å². The van der Waals surface area contributed by atoms with Crippen LogP contribution in [0.3, 0.4) is 0 Å². The predicted molar refractivity (Wildman–Crippen MR) is 123 cm³/mol. The first kappa shape index (κ1) is 26.2. The van der Waals surface area contributed by atoms with E-state index < -0.39 is 0 Å².